The summed E-state index contributed by atoms with van der Waals surface area (Å²) in [5, 5.41) is 5.55. The standard InChI is InChI=1S/C21H26FN3O2/c1-4-16-8-10-17(11-9-16)15(2)23-20(26)13-25(3)14-21(27)24-19-7-5-6-18(22)12-19/h5-12,15H,4,13-14H2,1-3H3,(H,23,26)(H,24,27)/t15-/m0/s1. The first-order chi connectivity index (χ1) is 12.9. The fourth-order valence-corrected chi connectivity index (χ4v) is 2.73. The predicted molar refractivity (Wildman–Crippen MR) is 105 cm³/mol. The van der Waals surface area contributed by atoms with E-state index in [0.717, 1.165) is 12.0 Å². The highest BCUT2D eigenvalue weighted by Gasteiger charge is 2.14. The summed E-state index contributed by atoms with van der Waals surface area (Å²) in [4.78, 5) is 25.8. The lowest BCUT2D eigenvalue weighted by Gasteiger charge is -2.19. The molecule has 6 heteroatoms. The third-order valence-electron chi connectivity index (χ3n) is 4.20. The Kier molecular flexibility index (Phi) is 7.49. The smallest absolute Gasteiger partial charge is 0.238 e. The van der Waals surface area contributed by atoms with Gasteiger partial charge in [0.1, 0.15) is 5.82 Å². The summed E-state index contributed by atoms with van der Waals surface area (Å²) in [5.74, 6) is -0.885. The van der Waals surface area contributed by atoms with Gasteiger partial charge in [0.05, 0.1) is 19.1 Å². The molecule has 0 saturated carbocycles. The summed E-state index contributed by atoms with van der Waals surface area (Å²) in [6.45, 7) is 4.15. The van der Waals surface area contributed by atoms with E-state index in [9.17, 15) is 14.0 Å². The second-order valence-corrected chi connectivity index (χ2v) is 6.62. The van der Waals surface area contributed by atoms with Crippen molar-refractivity contribution in [2.45, 2.75) is 26.3 Å². The normalized spacial score (nSPS) is 11.9. The molecule has 0 heterocycles. The summed E-state index contributed by atoms with van der Waals surface area (Å²) in [5.41, 5.74) is 2.68. The van der Waals surface area contributed by atoms with E-state index in [1.807, 2.05) is 19.1 Å². The summed E-state index contributed by atoms with van der Waals surface area (Å²) < 4.78 is 13.1. The Morgan fingerprint density at radius 1 is 1.07 bits per heavy atom. The van der Waals surface area contributed by atoms with Crippen molar-refractivity contribution in [1.82, 2.24) is 10.2 Å². The lowest BCUT2D eigenvalue weighted by molar-refractivity contribution is -0.123. The number of hydrogen-bond donors (Lipinski definition) is 2. The minimum absolute atomic E-state index is 0.0313. The van der Waals surface area contributed by atoms with E-state index in [1.165, 1.54) is 23.8 Å². The highest BCUT2D eigenvalue weighted by Crippen LogP contribution is 2.13. The van der Waals surface area contributed by atoms with E-state index >= 15 is 0 Å². The van der Waals surface area contributed by atoms with Crippen LogP contribution in [0.15, 0.2) is 48.5 Å². The van der Waals surface area contributed by atoms with E-state index < -0.39 is 5.82 Å². The topological polar surface area (TPSA) is 61.4 Å². The molecule has 2 aromatic carbocycles. The highest BCUT2D eigenvalue weighted by atomic mass is 19.1. The molecule has 0 saturated heterocycles. The molecule has 0 spiro atoms. The minimum atomic E-state index is -0.415. The van der Waals surface area contributed by atoms with Crippen molar-refractivity contribution in [2.75, 3.05) is 25.5 Å². The van der Waals surface area contributed by atoms with Crippen LogP contribution in [0.5, 0.6) is 0 Å². The Morgan fingerprint density at radius 2 is 1.74 bits per heavy atom. The number of likely N-dealkylation sites (N-methyl/N-ethyl adjacent to an activating group) is 1. The first-order valence-electron chi connectivity index (χ1n) is 8.99. The van der Waals surface area contributed by atoms with Crippen LogP contribution in [-0.4, -0.2) is 36.9 Å². The summed E-state index contributed by atoms with van der Waals surface area (Å²) in [6.07, 6.45) is 0.976. The minimum Gasteiger partial charge on any atom is -0.348 e. The second kappa shape index (κ2) is 9.83. The monoisotopic (exact) mass is 371 g/mol. The zero-order chi connectivity index (χ0) is 19.8. The van der Waals surface area contributed by atoms with Crippen molar-refractivity contribution in [2.24, 2.45) is 0 Å². The first-order valence-corrected chi connectivity index (χ1v) is 8.99. The fourth-order valence-electron chi connectivity index (χ4n) is 2.73. The van der Waals surface area contributed by atoms with Crippen molar-refractivity contribution >= 4 is 17.5 Å². The van der Waals surface area contributed by atoms with Gasteiger partial charge in [-0.25, -0.2) is 4.39 Å². The van der Waals surface area contributed by atoms with Gasteiger partial charge in [-0.05, 0) is 49.7 Å². The molecule has 27 heavy (non-hydrogen) atoms. The Hall–Kier alpha value is -2.73. The van der Waals surface area contributed by atoms with Gasteiger partial charge in [0.2, 0.25) is 11.8 Å². The van der Waals surface area contributed by atoms with Gasteiger partial charge in [0.25, 0.3) is 0 Å². The molecule has 144 valence electrons. The highest BCUT2D eigenvalue weighted by molar-refractivity contribution is 5.92. The van der Waals surface area contributed by atoms with E-state index in [4.69, 9.17) is 0 Å². The number of nitrogens with one attached hydrogen (secondary N) is 2. The third-order valence-corrected chi connectivity index (χ3v) is 4.20. The molecule has 2 aromatic rings. The van der Waals surface area contributed by atoms with Crippen LogP contribution < -0.4 is 10.6 Å². The van der Waals surface area contributed by atoms with Crippen LogP contribution in [0.1, 0.15) is 31.0 Å². The molecule has 0 radical (unpaired) electrons. The van der Waals surface area contributed by atoms with Gasteiger partial charge in [-0.1, -0.05) is 37.3 Å². The second-order valence-electron chi connectivity index (χ2n) is 6.62. The summed E-state index contributed by atoms with van der Waals surface area (Å²) >= 11 is 0. The van der Waals surface area contributed by atoms with E-state index in [0.29, 0.717) is 5.69 Å². The SMILES string of the molecule is CCc1ccc([C@H](C)NC(=O)CN(C)CC(=O)Nc2cccc(F)c2)cc1. The Bertz CT molecular complexity index is 777. The maximum Gasteiger partial charge on any atom is 0.238 e. The molecule has 0 unspecified atom stereocenters. The van der Waals surface area contributed by atoms with E-state index in [-0.39, 0.29) is 30.9 Å². The van der Waals surface area contributed by atoms with Crippen molar-refractivity contribution < 1.29 is 14.0 Å². The zero-order valence-corrected chi connectivity index (χ0v) is 16.0. The van der Waals surface area contributed by atoms with Crippen LogP contribution in [0, 0.1) is 5.82 Å². The molecule has 0 bridgehead atoms. The van der Waals surface area contributed by atoms with Crippen molar-refractivity contribution in [1.29, 1.82) is 0 Å². The van der Waals surface area contributed by atoms with Crippen molar-refractivity contribution in [3.63, 3.8) is 0 Å². The largest absolute Gasteiger partial charge is 0.348 e. The maximum atomic E-state index is 13.1. The quantitative estimate of drug-likeness (QED) is 0.749. The number of carbonyl (C=O) groups excluding carboxylic acids is 2. The molecule has 2 N–H and O–H groups in total. The van der Waals surface area contributed by atoms with Gasteiger partial charge < -0.3 is 10.6 Å². The maximum absolute atomic E-state index is 13.1. The molecular formula is C21H26FN3O2. The lowest BCUT2D eigenvalue weighted by atomic mass is 10.1. The number of halogens is 1. The average molecular weight is 371 g/mol. The Balaban J connectivity index is 1.79. The zero-order valence-electron chi connectivity index (χ0n) is 16.0. The number of benzene rings is 2. The number of nitrogens with zero attached hydrogens (tertiary/aromatic N) is 1. The van der Waals surface area contributed by atoms with Crippen LogP contribution >= 0.6 is 0 Å². The van der Waals surface area contributed by atoms with Crippen LogP contribution in [0.4, 0.5) is 10.1 Å². The van der Waals surface area contributed by atoms with Gasteiger partial charge in [0, 0.05) is 5.69 Å². The first kappa shape index (κ1) is 20.6. The molecule has 1 atom stereocenters. The molecule has 2 amide bonds. The van der Waals surface area contributed by atoms with Crippen LogP contribution in [-0.2, 0) is 16.0 Å². The number of carbonyl (C=O) groups is 2. The third kappa shape index (κ3) is 6.83. The number of hydrogen-bond acceptors (Lipinski definition) is 3. The molecule has 2 rings (SSSR count). The Morgan fingerprint density at radius 3 is 2.37 bits per heavy atom. The van der Waals surface area contributed by atoms with Crippen LogP contribution in [0.2, 0.25) is 0 Å². The van der Waals surface area contributed by atoms with Gasteiger partial charge >= 0.3 is 0 Å². The van der Waals surface area contributed by atoms with Crippen LogP contribution in [0.25, 0.3) is 0 Å². The van der Waals surface area contributed by atoms with Gasteiger partial charge in [-0.15, -0.1) is 0 Å². The summed E-state index contributed by atoms with van der Waals surface area (Å²) in [6, 6.07) is 13.7. The van der Waals surface area contributed by atoms with Gasteiger partial charge in [-0.2, -0.15) is 0 Å². The number of rotatable bonds is 8. The fraction of sp³-hybridized carbons (Fsp3) is 0.333. The lowest BCUT2D eigenvalue weighted by Crippen LogP contribution is -2.39. The van der Waals surface area contributed by atoms with Crippen molar-refractivity contribution in [3.8, 4) is 0 Å². The molecular weight excluding hydrogens is 345 g/mol. The molecule has 0 aromatic heterocycles. The molecule has 5 nitrogen and oxygen atoms in total. The summed E-state index contributed by atoms with van der Waals surface area (Å²) in [7, 11) is 1.69. The van der Waals surface area contributed by atoms with Crippen molar-refractivity contribution in [3.05, 3.63) is 65.5 Å². The number of aryl methyl sites for hydroxylation is 1. The molecule has 0 aliphatic carbocycles. The van der Waals surface area contributed by atoms with Crippen LogP contribution in [0.3, 0.4) is 0 Å². The molecule has 0 fully saturated rings. The van der Waals surface area contributed by atoms with Gasteiger partial charge in [0.15, 0.2) is 0 Å². The number of anilines is 1. The molecule has 0 aliphatic rings. The predicted octanol–water partition coefficient (Wildman–Crippen LogP) is 3.14. The number of amides is 2. The van der Waals surface area contributed by atoms with Gasteiger partial charge in [-0.3, -0.25) is 14.5 Å². The van der Waals surface area contributed by atoms with E-state index in [2.05, 4.69) is 29.7 Å². The molecule has 0 aliphatic heterocycles. The Labute approximate surface area is 159 Å². The average Bonchev–Trinajstić information content (AvgIpc) is 2.61. The van der Waals surface area contributed by atoms with E-state index in [1.54, 1.807) is 18.0 Å².